The van der Waals surface area contributed by atoms with Crippen molar-refractivity contribution in [3.05, 3.63) is 99.2 Å². The lowest BCUT2D eigenvalue weighted by Crippen LogP contribution is -2.05. The largest absolute Gasteiger partial charge is 0.457 e. The lowest BCUT2D eigenvalue weighted by molar-refractivity contribution is -0.384. The number of nitro groups is 1. The highest BCUT2D eigenvalue weighted by Gasteiger charge is 2.10. The van der Waals surface area contributed by atoms with Crippen LogP contribution < -0.4 is 4.74 Å². The van der Waals surface area contributed by atoms with Gasteiger partial charge in [0.25, 0.3) is 5.69 Å². The Morgan fingerprint density at radius 1 is 1.00 bits per heavy atom. The molecule has 0 N–H and O–H groups in total. The van der Waals surface area contributed by atoms with Gasteiger partial charge in [-0.3, -0.25) is 10.1 Å². The van der Waals surface area contributed by atoms with Crippen molar-refractivity contribution in [3.8, 4) is 11.6 Å². The van der Waals surface area contributed by atoms with Gasteiger partial charge in [-0.25, -0.2) is 14.8 Å². The second kappa shape index (κ2) is 8.76. The van der Waals surface area contributed by atoms with E-state index in [-0.39, 0.29) is 12.3 Å². The average Bonchev–Trinajstić information content (AvgIpc) is 2.78. The summed E-state index contributed by atoms with van der Waals surface area (Å²) in [5, 5.41) is 11.2. The van der Waals surface area contributed by atoms with Crippen LogP contribution in [0.1, 0.15) is 15.9 Å². The van der Waals surface area contributed by atoms with Crippen LogP contribution in [-0.2, 0) is 11.3 Å². The minimum absolute atomic E-state index is 0.00573. The Labute approximate surface area is 181 Å². The number of non-ortho nitro benzene ring substituents is 1. The normalized spacial score (nSPS) is 10.6. The third kappa shape index (κ3) is 4.93. The summed E-state index contributed by atoms with van der Waals surface area (Å²) >= 11 is 5.94. The van der Waals surface area contributed by atoms with Gasteiger partial charge in [-0.2, -0.15) is 0 Å². The number of fused-ring (bicyclic) bond motifs is 1. The minimum Gasteiger partial charge on any atom is -0.457 e. The molecule has 0 aliphatic rings. The molecule has 3 aromatic carbocycles. The highest BCUT2D eigenvalue weighted by molar-refractivity contribution is 6.31. The van der Waals surface area contributed by atoms with Crippen molar-refractivity contribution in [2.24, 2.45) is 0 Å². The topological polar surface area (TPSA) is 104 Å². The number of halogens is 1. The van der Waals surface area contributed by atoms with Gasteiger partial charge >= 0.3 is 5.97 Å². The number of rotatable bonds is 6. The third-order valence-electron chi connectivity index (χ3n) is 4.31. The maximum atomic E-state index is 12.2. The highest BCUT2D eigenvalue weighted by atomic mass is 35.5. The molecule has 31 heavy (non-hydrogen) atoms. The van der Waals surface area contributed by atoms with Gasteiger partial charge in [-0.15, -0.1) is 0 Å². The number of carbonyl (C=O) groups is 1. The summed E-state index contributed by atoms with van der Waals surface area (Å²) in [6.07, 6.45) is 1.49. The predicted octanol–water partition coefficient (Wildman–Crippen LogP) is 5.34. The molecule has 4 rings (SSSR count). The quantitative estimate of drug-likeness (QED) is 0.228. The van der Waals surface area contributed by atoms with Crippen molar-refractivity contribution in [2.45, 2.75) is 6.61 Å². The smallest absolute Gasteiger partial charge is 0.338 e. The van der Waals surface area contributed by atoms with Gasteiger partial charge in [0, 0.05) is 17.2 Å². The molecule has 4 aromatic rings. The number of esters is 1. The molecule has 0 radical (unpaired) electrons. The van der Waals surface area contributed by atoms with Crippen molar-refractivity contribution in [1.82, 2.24) is 9.97 Å². The zero-order valence-electron chi connectivity index (χ0n) is 15.9. The van der Waals surface area contributed by atoms with Crippen LogP contribution in [0.5, 0.6) is 11.6 Å². The number of nitrogens with zero attached hydrogens (tertiary/aromatic N) is 3. The standard InChI is InChI=1S/C22H14ClN3O5/c23-16-5-10-19-20(11-16)24-12-21(25-19)31-18-8-3-15(4-9-18)22(27)30-13-14-1-6-17(7-2-14)26(28)29/h1-12H,13H2. The van der Waals surface area contributed by atoms with Crippen molar-refractivity contribution in [2.75, 3.05) is 0 Å². The van der Waals surface area contributed by atoms with Crippen LogP contribution in [0, 0.1) is 10.1 Å². The summed E-state index contributed by atoms with van der Waals surface area (Å²) in [4.78, 5) is 31.1. The van der Waals surface area contributed by atoms with Crippen molar-refractivity contribution in [1.29, 1.82) is 0 Å². The van der Waals surface area contributed by atoms with Crippen LogP contribution in [0.25, 0.3) is 11.0 Å². The molecule has 9 heteroatoms. The van der Waals surface area contributed by atoms with E-state index in [9.17, 15) is 14.9 Å². The Kier molecular flexibility index (Phi) is 5.72. The SMILES string of the molecule is O=C(OCc1ccc([N+](=O)[O-])cc1)c1ccc(Oc2cnc3cc(Cl)ccc3n2)cc1. The minimum atomic E-state index is -0.521. The highest BCUT2D eigenvalue weighted by Crippen LogP contribution is 2.23. The summed E-state index contributed by atoms with van der Waals surface area (Å²) < 4.78 is 10.9. The van der Waals surface area contributed by atoms with E-state index in [4.69, 9.17) is 21.1 Å². The second-order valence-electron chi connectivity index (χ2n) is 6.47. The van der Waals surface area contributed by atoms with Gasteiger partial charge in [0.15, 0.2) is 0 Å². The molecule has 0 amide bonds. The first-order valence-corrected chi connectivity index (χ1v) is 9.46. The molecular weight excluding hydrogens is 422 g/mol. The van der Waals surface area contributed by atoms with E-state index in [1.165, 1.54) is 18.3 Å². The molecule has 0 saturated carbocycles. The molecule has 0 aliphatic heterocycles. The molecule has 0 aliphatic carbocycles. The molecule has 1 heterocycles. The van der Waals surface area contributed by atoms with Crippen LogP contribution in [0.15, 0.2) is 72.9 Å². The lowest BCUT2D eigenvalue weighted by Gasteiger charge is -2.07. The van der Waals surface area contributed by atoms with E-state index in [0.717, 1.165) is 0 Å². The number of ether oxygens (including phenoxy) is 2. The number of nitro benzene ring substituents is 1. The van der Waals surface area contributed by atoms with Gasteiger partial charge in [0.05, 0.1) is 27.7 Å². The van der Waals surface area contributed by atoms with Gasteiger partial charge in [0.1, 0.15) is 12.4 Å². The number of benzene rings is 3. The zero-order valence-corrected chi connectivity index (χ0v) is 16.7. The first-order valence-electron chi connectivity index (χ1n) is 9.08. The summed E-state index contributed by atoms with van der Waals surface area (Å²) in [6, 6.07) is 17.4. The summed E-state index contributed by atoms with van der Waals surface area (Å²) in [5.74, 6) is 0.269. The predicted molar refractivity (Wildman–Crippen MR) is 113 cm³/mol. The molecular formula is C22H14ClN3O5. The fraction of sp³-hybridized carbons (Fsp3) is 0.0455. The van der Waals surface area contributed by atoms with E-state index >= 15 is 0 Å². The van der Waals surface area contributed by atoms with E-state index in [0.29, 0.717) is 38.8 Å². The Bertz CT molecular complexity index is 1260. The van der Waals surface area contributed by atoms with Crippen molar-refractivity contribution in [3.63, 3.8) is 0 Å². The van der Waals surface area contributed by atoms with E-state index < -0.39 is 10.9 Å². The maximum absolute atomic E-state index is 12.2. The van der Waals surface area contributed by atoms with E-state index in [1.54, 1.807) is 54.6 Å². The molecule has 0 spiro atoms. The molecule has 0 atom stereocenters. The molecule has 1 aromatic heterocycles. The number of carbonyl (C=O) groups excluding carboxylic acids is 1. The third-order valence-corrected chi connectivity index (χ3v) is 4.55. The summed E-state index contributed by atoms with van der Waals surface area (Å²) in [6.45, 7) is 0.00573. The molecule has 0 unspecified atom stereocenters. The monoisotopic (exact) mass is 435 g/mol. The maximum Gasteiger partial charge on any atom is 0.338 e. The molecule has 154 valence electrons. The number of aromatic nitrogens is 2. The van der Waals surface area contributed by atoms with Crippen LogP contribution in [0.4, 0.5) is 5.69 Å². The Morgan fingerprint density at radius 3 is 2.45 bits per heavy atom. The molecule has 0 bridgehead atoms. The molecule has 0 fully saturated rings. The van der Waals surface area contributed by atoms with Crippen molar-refractivity contribution >= 4 is 34.3 Å². The second-order valence-corrected chi connectivity index (χ2v) is 6.90. The Balaban J connectivity index is 1.37. The van der Waals surface area contributed by atoms with Gasteiger partial charge < -0.3 is 9.47 Å². The number of hydrogen-bond donors (Lipinski definition) is 0. The van der Waals surface area contributed by atoms with Gasteiger partial charge in [-0.05, 0) is 60.2 Å². The van der Waals surface area contributed by atoms with Gasteiger partial charge in [-0.1, -0.05) is 11.6 Å². The zero-order chi connectivity index (χ0) is 21.8. The Morgan fingerprint density at radius 2 is 1.74 bits per heavy atom. The lowest BCUT2D eigenvalue weighted by atomic mass is 10.2. The fourth-order valence-corrected chi connectivity index (χ4v) is 2.91. The van der Waals surface area contributed by atoms with Crippen LogP contribution in [-0.4, -0.2) is 20.9 Å². The molecule has 0 saturated heterocycles. The first kappa shape index (κ1) is 20.2. The van der Waals surface area contributed by atoms with E-state index in [1.807, 2.05) is 0 Å². The van der Waals surface area contributed by atoms with E-state index in [2.05, 4.69) is 9.97 Å². The fourth-order valence-electron chi connectivity index (χ4n) is 2.74. The average molecular weight is 436 g/mol. The number of hydrogen-bond acceptors (Lipinski definition) is 7. The van der Waals surface area contributed by atoms with Gasteiger partial charge in [0.2, 0.25) is 5.88 Å². The first-order chi connectivity index (χ1) is 15.0. The Hall–Kier alpha value is -4.04. The van der Waals surface area contributed by atoms with Crippen molar-refractivity contribution < 1.29 is 19.2 Å². The van der Waals surface area contributed by atoms with Crippen LogP contribution in [0.3, 0.4) is 0 Å². The van der Waals surface area contributed by atoms with Crippen LogP contribution in [0.2, 0.25) is 5.02 Å². The summed E-state index contributed by atoms with van der Waals surface area (Å²) in [5.41, 5.74) is 2.27. The summed E-state index contributed by atoms with van der Waals surface area (Å²) in [7, 11) is 0. The van der Waals surface area contributed by atoms with Crippen LogP contribution >= 0.6 is 11.6 Å². The molecule has 8 nitrogen and oxygen atoms in total.